The van der Waals surface area contributed by atoms with E-state index in [1.165, 1.54) is 18.2 Å². The van der Waals surface area contributed by atoms with Crippen molar-refractivity contribution in [3.63, 3.8) is 0 Å². The monoisotopic (exact) mass is 260 g/mol. The van der Waals surface area contributed by atoms with Crippen LogP contribution in [0.4, 0.5) is 0 Å². The highest BCUT2D eigenvalue weighted by molar-refractivity contribution is 5.84. The van der Waals surface area contributed by atoms with Gasteiger partial charge in [0.1, 0.15) is 0 Å². The van der Waals surface area contributed by atoms with Crippen molar-refractivity contribution in [2.75, 3.05) is 7.11 Å². The van der Waals surface area contributed by atoms with Gasteiger partial charge in [0.2, 0.25) is 0 Å². The Kier molecular flexibility index (Phi) is 3.46. The predicted molar refractivity (Wildman–Crippen MR) is 77.4 cm³/mol. The lowest BCUT2D eigenvalue weighted by molar-refractivity contribution is -0.151. The van der Waals surface area contributed by atoms with E-state index in [4.69, 9.17) is 4.74 Å². The van der Waals surface area contributed by atoms with Gasteiger partial charge in [-0.25, -0.2) is 0 Å². The van der Waals surface area contributed by atoms with Crippen LogP contribution in [0, 0.1) is 6.92 Å². The fraction of sp³-hybridized carbons (Fsp3) is 0.588. The van der Waals surface area contributed by atoms with Crippen LogP contribution >= 0.6 is 0 Å². The lowest BCUT2D eigenvalue weighted by Gasteiger charge is -2.40. The van der Waals surface area contributed by atoms with E-state index in [1.807, 2.05) is 0 Å². The highest BCUT2D eigenvalue weighted by Crippen LogP contribution is 2.46. The Bertz CT molecular complexity index is 490. The van der Waals surface area contributed by atoms with Crippen LogP contribution in [0.15, 0.2) is 18.2 Å². The van der Waals surface area contributed by atoms with E-state index in [1.54, 1.807) is 0 Å². The normalized spacial score (nSPS) is 17.7. The lowest BCUT2D eigenvalue weighted by atomic mass is 9.63. The average Bonchev–Trinajstić information content (AvgIpc) is 2.28. The zero-order valence-electron chi connectivity index (χ0n) is 12.7. The fourth-order valence-corrected chi connectivity index (χ4v) is 2.98. The highest BCUT2D eigenvalue weighted by Gasteiger charge is 2.47. The van der Waals surface area contributed by atoms with Gasteiger partial charge in [0.05, 0.1) is 12.5 Å². The van der Waals surface area contributed by atoms with Crippen molar-refractivity contribution in [3.05, 3.63) is 34.9 Å². The third kappa shape index (κ3) is 2.29. The summed E-state index contributed by atoms with van der Waals surface area (Å²) in [4.78, 5) is 12.1. The smallest absolute Gasteiger partial charge is 0.316 e. The molecule has 0 bridgehead atoms. The van der Waals surface area contributed by atoms with Crippen LogP contribution in [0.5, 0.6) is 0 Å². The number of esters is 1. The van der Waals surface area contributed by atoms with Crippen molar-refractivity contribution < 1.29 is 9.53 Å². The number of methoxy groups -OCH3 is 1. The molecule has 0 amide bonds. The molecule has 1 aliphatic rings. The Morgan fingerprint density at radius 3 is 2.26 bits per heavy atom. The van der Waals surface area contributed by atoms with Crippen LogP contribution in [-0.4, -0.2) is 13.1 Å². The SMILES string of the molecule is COC(=O)C1(c2ccc(C(C)(C)C)cc2C)CCC1. The Hall–Kier alpha value is -1.31. The zero-order chi connectivity index (χ0) is 14.3. The van der Waals surface area contributed by atoms with Gasteiger partial charge in [0.25, 0.3) is 0 Å². The van der Waals surface area contributed by atoms with Gasteiger partial charge in [-0.3, -0.25) is 4.79 Å². The Balaban J connectivity index is 2.44. The van der Waals surface area contributed by atoms with Crippen LogP contribution in [0.1, 0.15) is 56.7 Å². The van der Waals surface area contributed by atoms with E-state index in [0.717, 1.165) is 24.8 Å². The topological polar surface area (TPSA) is 26.3 Å². The van der Waals surface area contributed by atoms with E-state index in [0.29, 0.717) is 0 Å². The molecule has 1 saturated carbocycles. The number of ether oxygens (including phenoxy) is 1. The first-order chi connectivity index (χ1) is 8.81. The molecule has 0 N–H and O–H groups in total. The molecule has 0 spiro atoms. The molecule has 0 atom stereocenters. The van der Waals surface area contributed by atoms with Gasteiger partial charge >= 0.3 is 5.97 Å². The minimum Gasteiger partial charge on any atom is -0.468 e. The first-order valence-electron chi connectivity index (χ1n) is 7.01. The fourth-order valence-electron chi connectivity index (χ4n) is 2.98. The number of rotatable bonds is 2. The van der Waals surface area contributed by atoms with Crippen LogP contribution in [0.3, 0.4) is 0 Å². The molecule has 0 aromatic heterocycles. The second kappa shape index (κ2) is 4.66. The molecule has 1 aromatic carbocycles. The largest absolute Gasteiger partial charge is 0.468 e. The van der Waals surface area contributed by atoms with Crippen LogP contribution in [-0.2, 0) is 20.4 Å². The molecule has 0 saturated heterocycles. The Morgan fingerprint density at radius 1 is 1.26 bits per heavy atom. The molecule has 1 fully saturated rings. The minimum atomic E-state index is -0.380. The molecule has 104 valence electrons. The maximum absolute atomic E-state index is 12.1. The predicted octanol–water partition coefficient (Wildman–Crippen LogP) is 3.89. The summed E-state index contributed by atoms with van der Waals surface area (Å²) in [5.41, 5.74) is 3.43. The van der Waals surface area contributed by atoms with Gasteiger partial charge in [-0.15, -0.1) is 0 Å². The zero-order valence-corrected chi connectivity index (χ0v) is 12.7. The molecule has 1 aromatic rings. The van der Waals surface area contributed by atoms with Crippen molar-refractivity contribution in [1.29, 1.82) is 0 Å². The summed E-state index contributed by atoms with van der Waals surface area (Å²) in [6, 6.07) is 6.51. The van der Waals surface area contributed by atoms with Crippen molar-refractivity contribution in [3.8, 4) is 0 Å². The highest BCUT2D eigenvalue weighted by atomic mass is 16.5. The second-order valence-corrected chi connectivity index (χ2v) is 6.71. The number of hydrogen-bond acceptors (Lipinski definition) is 2. The van der Waals surface area contributed by atoms with Gasteiger partial charge in [-0.05, 0) is 41.9 Å². The van der Waals surface area contributed by atoms with Crippen LogP contribution in [0.25, 0.3) is 0 Å². The number of carbonyl (C=O) groups is 1. The molecular formula is C17H24O2. The Labute approximate surface area is 116 Å². The van der Waals surface area contributed by atoms with Gasteiger partial charge in [0.15, 0.2) is 0 Å². The third-order valence-electron chi connectivity index (χ3n) is 4.39. The standard InChI is InChI=1S/C17H24O2/c1-12-11-13(16(2,3)4)7-8-14(12)17(9-6-10-17)15(18)19-5/h7-8,11H,6,9-10H2,1-5H3. The van der Waals surface area contributed by atoms with E-state index in [9.17, 15) is 4.79 Å². The van der Waals surface area contributed by atoms with Gasteiger partial charge in [0, 0.05) is 0 Å². The van der Waals surface area contributed by atoms with Crippen molar-refractivity contribution in [2.24, 2.45) is 0 Å². The van der Waals surface area contributed by atoms with Gasteiger partial charge < -0.3 is 4.74 Å². The summed E-state index contributed by atoms with van der Waals surface area (Å²) in [5, 5.41) is 0. The second-order valence-electron chi connectivity index (χ2n) is 6.71. The number of benzene rings is 1. The van der Waals surface area contributed by atoms with Crippen molar-refractivity contribution in [2.45, 2.75) is 57.8 Å². The molecule has 0 heterocycles. The quantitative estimate of drug-likeness (QED) is 0.754. The van der Waals surface area contributed by atoms with E-state index >= 15 is 0 Å². The van der Waals surface area contributed by atoms with E-state index < -0.39 is 0 Å². The van der Waals surface area contributed by atoms with Gasteiger partial charge in [-0.2, -0.15) is 0 Å². The lowest BCUT2D eigenvalue weighted by Crippen LogP contribution is -2.43. The summed E-state index contributed by atoms with van der Waals surface area (Å²) >= 11 is 0. The molecule has 19 heavy (non-hydrogen) atoms. The maximum Gasteiger partial charge on any atom is 0.316 e. The maximum atomic E-state index is 12.1. The molecule has 1 aliphatic carbocycles. The number of hydrogen-bond donors (Lipinski definition) is 0. The average molecular weight is 260 g/mol. The molecule has 2 nitrogen and oxygen atoms in total. The summed E-state index contributed by atoms with van der Waals surface area (Å²) in [5.74, 6) is -0.0784. The first kappa shape index (κ1) is 14.1. The summed E-state index contributed by atoms with van der Waals surface area (Å²) in [7, 11) is 1.49. The van der Waals surface area contributed by atoms with Crippen molar-refractivity contribution >= 4 is 5.97 Å². The van der Waals surface area contributed by atoms with E-state index in [-0.39, 0.29) is 16.8 Å². The molecule has 2 rings (SSSR count). The summed E-state index contributed by atoms with van der Waals surface area (Å²) < 4.78 is 5.03. The van der Waals surface area contributed by atoms with Crippen LogP contribution in [0.2, 0.25) is 0 Å². The third-order valence-corrected chi connectivity index (χ3v) is 4.39. The summed E-state index contributed by atoms with van der Waals surface area (Å²) in [6.45, 7) is 8.73. The molecule has 2 heteroatoms. The minimum absolute atomic E-state index is 0.0784. The van der Waals surface area contributed by atoms with Gasteiger partial charge in [-0.1, -0.05) is 45.4 Å². The number of carbonyl (C=O) groups excluding carboxylic acids is 1. The number of aryl methyl sites for hydroxylation is 1. The first-order valence-corrected chi connectivity index (χ1v) is 7.01. The Morgan fingerprint density at radius 2 is 1.89 bits per heavy atom. The van der Waals surface area contributed by atoms with E-state index in [2.05, 4.69) is 45.9 Å². The molecule has 0 radical (unpaired) electrons. The molecular weight excluding hydrogens is 236 g/mol. The van der Waals surface area contributed by atoms with Crippen LogP contribution < -0.4 is 0 Å². The molecule has 0 unspecified atom stereocenters. The summed E-state index contributed by atoms with van der Waals surface area (Å²) in [6.07, 6.45) is 2.93. The van der Waals surface area contributed by atoms with Crippen molar-refractivity contribution in [1.82, 2.24) is 0 Å². The molecule has 0 aliphatic heterocycles.